The van der Waals surface area contributed by atoms with Crippen LogP contribution in [0, 0.1) is 37.8 Å². The van der Waals surface area contributed by atoms with Crippen molar-refractivity contribution in [3.05, 3.63) is 49.0 Å². The van der Waals surface area contributed by atoms with E-state index in [9.17, 15) is 14.9 Å². The van der Waals surface area contributed by atoms with E-state index in [0.717, 1.165) is 28.3 Å². The number of hydrogen-bond acceptors (Lipinski definition) is 5. The first-order valence-electron chi connectivity index (χ1n) is 6.30. The van der Waals surface area contributed by atoms with E-state index in [4.69, 9.17) is 0 Å². The van der Waals surface area contributed by atoms with Gasteiger partial charge in [0.05, 0.1) is 26.1 Å². The van der Waals surface area contributed by atoms with Gasteiger partial charge in [0.1, 0.15) is 0 Å². The van der Waals surface area contributed by atoms with Gasteiger partial charge in [-0.1, -0.05) is 0 Å². The zero-order valence-electron chi connectivity index (χ0n) is 12.2. The molecule has 0 atom stereocenters. The molecule has 0 bridgehead atoms. The average molecular weight is 305 g/mol. The molecule has 2 heterocycles. The Morgan fingerprint density at radius 2 is 1.95 bits per heavy atom. The fourth-order valence-electron chi connectivity index (χ4n) is 2.15. The van der Waals surface area contributed by atoms with Crippen molar-refractivity contribution in [1.82, 2.24) is 4.98 Å². The number of rotatable bonds is 3. The molecule has 6 nitrogen and oxygen atoms in total. The Hall–Kier alpha value is -2.28. The number of aromatic nitrogens is 1. The number of anilines is 1. The van der Waals surface area contributed by atoms with E-state index < -0.39 is 4.92 Å². The highest BCUT2D eigenvalue weighted by Crippen LogP contribution is 2.29. The molecule has 0 spiro atoms. The first kappa shape index (κ1) is 15.1. The van der Waals surface area contributed by atoms with Gasteiger partial charge in [0.25, 0.3) is 11.6 Å². The molecule has 0 aromatic carbocycles. The van der Waals surface area contributed by atoms with E-state index in [2.05, 4.69) is 10.3 Å². The van der Waals surface area contributed by atoms with Gasteiger partial charge < -0.3 is 5.32 Å². The van der Waals surface area contributed by atoms with E-state index >= 15 is 0 Å². The minimum Gasteiger partial charge on any atom is -0.319 e. The summed E-state index contributed by atoms with van der Waals surface area (Å²) in [6, 6.07) is 3.19. The molecule has 7 heteroatoms. The van der Waals surface area contributed by atoms with Crippen molar-refractivity contribution in [3.8, 4) is 0 Å². The molecular formula is C14H15N3O3S. The largest absolute Gasteiger partial charge is 0.319 e. The second-order valence-electron chi connectivity index (χ2n) is 4.80. The van der Waals surface area contributed by atoms with Gasteiger partial charge in [0, 0.05) is 11.8 Å². The molecule has 0 aliphatic heterocycles. The Morgan fingerprint density at radius 1 is 1.29 bits per heavy atom. The van der Waals surface area contributed by atoms with Crippen LogP contribution in [0.2, 0.25) is 0 Å². The van der Waals surface area contributed by atoms with E-state index in [1.54, 1.807) is 6.92 Å². The number of amides is 1. The van der Waals surface area contributed by atoms with E-state index in [0.29, 0.717) is 15.4 Å². The van der Waals surface area contributed by atoms with E-state index in [1.165, 1.54) is 6.07 Å². The molecular weight excluding hydrogens is 290 g/mol. The minimum absolute atomic E-state index is 0.0272. The summed E-state index contributed by atoms with van der Waals surface area (Å²) in [5, 5.41) is 13.6. The number of thiophene rings is 1. The van der Waals surface area contributed by atoms with Gasteiger partial charge in [-0.15, -0.1) is 11.3 Å². The van der Waals surface area contributed by atoms with Crippen LogP contribution in [0.4, 0.5) is 11.4 Å². The standard InChI is InChI=1S/C14H15N3O3S/c1-7-5-8(2)15-9(3)13(7)16-14(18)12-6-11(17(19)20)10(4)21-12/h5-6H,1-4H3,(H,16,18). The van der Waals surface area contributed by atoms with Gasteiger partial charge in [-0.25, -0.2) is 0 Å². The van der Waals surface area contributed by atoms with Gasteiger partial charge in [-0.05, 0) is 39.3 Å². The molecule has 1 amide bonds. The summed E-state index contributed by atoms with van der Waals surface area (Å²) in [7, 11) is 0. The molecule has 0 saturated carbocycles. The molecule has 0 fully saturated rings. The summed E-state index contributed by atoms with van der Waals surface area (Å²) in [5.41, 5.74) is 3.14. The molecule has 2 aromatic rings. The van der Waals surface area contributed by atoms with Crippen LogP contribution in [0.1, 0.15) is 31.5 Å². The number of aryl methyl sites for hydroxylation is 4. The second-order valence-corrected chi connectivity index (χ2v) is 6.06. The summed E-state index contributed by atoms with van der Waals surface area (Å²) in [4.78, 5) is 27.7. The number of nitrogens with one attached hydrogen (secondary N) is 1. The van der Waals surface area contributed by atoms with Gasteiger partial charge in [0.15, 0.2) is 0 Å². The third kappa shape index (κ3) is 3.08. The van der Waals surface area contributed by atoms with Crippen LogP contribution >= 0.6 is 11.3 Å². The van der Waals surface area contributed by atoms with Gasteiger partial charge in [0.2, 0.25) is 0 Å². The maximum absolute atomic E-state index is 12.2. The van der Waals surface area contributed by atoms with Crippen LogP contribution in [-0.4, -0.2) is 15.8 Å². The highest BCUT2D eigenvalue weighted by Gasteiger charge is 2.20. The van der Waals surface area contributed by atoms with Crippen molar-refractivity contribution in [3.63, 3.8) is 0 Å². The van der Waals surface area contributed by atoms with Crippen LogP contribution in [-0.2, 0) is 0 Å². The summed E-state index contributed by atoms with van der Waals surface area (Å²) in [5.74, 6) is -0.354. The molecule has 2 aromatic heterocycles. The lowest BCUT2D eigenvalue weighted by atomic mass is 10.1. The predicted molar refractivity (Wildman–Crippen MR) is 82.1 cm³/mol. The van der Waals surface area contributed by atoms with Gasteiger partial charge in [-0.3, -0.25) is 19.9 Å². The van der Waals surface area contributed by atoms with Gasteiger partial charge >= 0.3 is 0 Å². The molecule has 110 valence electrons. The van der Waals surface area contributed by atoms with Crippen molar-refractivity contribution < 1.29 is 9.72 Å². The summed E-state index contributed by atoms with van der Waals surface area (Å²) >= 11 is 1.11. The summed E-state index contributed by atoms with van der Waals surface area (Å²) in [6.07, 6.45) is 0. The van der Waals surface area contributed by atoms with Crippen molar-refractivity contribution >= 4 is 28.6 Å². The monoisotopic (exact) mass is 305 g/mol. The molecule has 0 aliphatic rings. The van der Waals surface area contributed by atoms with Crippen molar-refractivity contribution in [2.75, 3.05) is 5.32 Å². The lowest BCUT2D eigenvalue weighted by molar-refractivity contribution is -0.385. The van der Waals surface area contributed by atoms with E-state index in [1.807, 2.05) is 26.8 Å². The van der Waals surface area contributed by atoms with Crippen LogP contribution in [0.15, 0.2) is 12.1 Å². The zero-order valence-corrected chi connectivity index (χ0v) is 13.0. The Bertz CT molecular complexity index is 714. The van der Waals surface area contributed by atoms with Crippen LogP contribution < -0.4 is 5.32 Å². The number of carbonyl (C=O) groups is 1. The fourth-order valence-corrected chi connectivity index (χ4v) is 3.04. The third-order valence-electron chi connectivity index (χ3n) is 3.08. The third-order valence-corrected chi connectivity index (χ3v) is 4.11. The van der Waals surface area contributed by atoms with Crippen molar-refractivity contribution in [2.24, 2.45) is 0 Å². The molecule has 21 heavy (non-hydrogen) atoms. The number of nitrogens with zero attached hydrogens (tertiary/aromatic N) is 2. The Kier molecular flexibility index (Phi) is 4.04. The number of carbonyl (C=O) groups excluding carboxylic acids is 1. The van der Waals surface area contributed by atoms with Gasteiger partial charge in [-0.2, -0.15) is 0 Å². The molecule has 1 N–H and O–H groups in total. The Balaban J connectivity index is 2.31. The highest BCUT2D eigenvalue weighted by molar-refractivity contribution is 7.14. The predicted octanol–water partition coefficient (Wildman–Crippen LogP) is 3.54. The number of hydrogen-bond donors (Lipinski definition) is 1. The van der Waals surface area contributed by atoms with Crippen LogP contribution in [0.5, 0.6) is 0 Å². The summed E-state index contributed by atoms with van der Waals surface area (Å²) < 4.78 is 0. The topological polar surface area (TPSA) is 85.1 Å². The highest BCUT2D eigenvalue weighted by atomic mass is 32.1. The SMILES string of the molecule is Cc1cc(C)c(NC(=O)c2cc([N+](=O)[O-])c(C)s2)c(C)n1. The molecule has 0 unspecified atom stereocenters. The van der Waals surface area contributed by atoms with Crippen molar-refractivity contribution in [2.45, 2.75) is 27.7 Å². The quantitative estimate of drug-likeness (QED) is 0.694. The maximum Gasteiger partial charge on any atom is 0.283 e. The van der Waals surface area contributed by atoms with Crippen molar-refractivity contribution in [1.29, 1.82) is 0 Å². The lowest BCUT2D eigenvalue weighted by Gasteiger charge is -2.11. The second kappa shape index (κ2) is 5.61. The molecule has 0 radical (unpaired) electrons. The lowest BCUT2D eigenvalue weighted by Crippen LogP contribution is -2.13. The maximum atomic E-state index is 12.2. The smallest absolute Gasteiger partial charge is 0.283 e. The number of pyridine rings is 1. The normalized spacial score (nSPS) is 10.5. The first-order valence-corrected chi connectivity index (χ1v) is 7.12. The summed E-state index contributed by atoms with van der Waals surface area (Å²) in [6.45, 7) is 7.22. The van der Waals surface area contributed by atoms with Crippen LogP contribution in [0.25, 0.3) is 0 Å². The molecule has 2 rings (SSSR count). The first-order chi connectivity index (χ1) is 9.79. The average Bonchev–Trinajstić information content (AvgIpc) is 2.75. The molecule has 0 aliphatic carbocycles. The fraction of sp³-hybridized carbons (Fsp3) is 0.286. The molecule has 0 saturated heterocycles. The number of nitro groups is 1. The Labute approximate surface area is 126 Å². The Morgan fingerprint density at radius 3 is 2.48 bits per heavy atom. The van der Waals surface area contributed by atoms with Crippen LogP contribution in [0.3, 0.4) is 0 Å². The van der Waals surface area contributed by atoms with E-state index in [-0.39, 0.29) is 11.6 Å². The zero-order chi connectivity index (χ0) is 15.7. The minimum atomic E-state index is -0.480.